The number of carbonyl (C=O) groups is 2. The van der Waals surface area contributed by atoms with E-state index >= 15 is 0 Å². The van der Waals surface area contributed by atoms with E-state index in [4.69, 9.17) is 0 Å². The number of benzene rings is 2. The van der Waals surface area contributed by atoms with Crippen LogP contribution in [0, 0.1) is 0 Å². The number of carbonyl (C=O) groups excluding carboxylic acids is 2. The van der Waals surface area contributed by atoms with E-state index in [1.165, 1.54) is 167 Å². The SMILES string of the molecule is CCCCCCCCCCCCCCCCCC(=O)Nc1ccc2cc3ccc(NC(=O)CCCCCCCCCCCCCCCCC)cc3[n+](C)c2c1. The first-order valence-electron chi connectivity index (χ1n) is 23.5. The molecule has 0 saturated heterocycles. The molecule has 0 bridgehead atoms. The molecule has 0 radical (unpaired) electrons. The largest absolute Gasteiger partial charge is 0.326 e. The second kappa shape index (κ2) is 30.2. The van der Waals surface area contributed by atoms with E-state index < -0.39 is 0 Å². The topological polar surface area (TPSA) is 62.1 Å². The molecule has 0 unspecified atom stereocenters. The maximum absolute atomic E-state index is 12.8. The molecule has 3 aromatic rings. The van der Waals surface area contributed by atoms with E-state index in [-0.39, 0.29) is 11.8 Å². The van der Waals surface area contributed by atoms with Gasteiger partial charge >= 0.3 is 0 Å². The molecule has 308 valence electrons. The maximum atomic E-state index is 12.8. The molecule has 1 heterocycles. The zero-order chi connectivity index (χ0) is 39.2. The number of aromatic nitrogens is 1. The van der Waals surface area contributed by atoms with Crippen LogP contribution in [0.25, 0.3) is 21.8 Å². The monoisotopic (exact) mass is 757 g/mol. The third-order valence-electron chi connectivity index (χ3n) is 11.7. The Kier molecular flexibility index (Phi) is 25.5. The van der Waals surface area contributed by atoms with Gasteiger partial charge in [-0.25, -0.2) is 0 Å². The normalized spacial score (nSPS) is 11.5. The lowest BCUT2D eigenvalue weighted by molar-refractivity contribution is -0.617. The lowest BCUT2D eigenvalue weighted by Crippen LogP contribution is -2.30. The van der Waals surface area contributed by atoms with E-state index in [0.717, 1.165) is 58.9 Å². The van der Waals surface area contributed by atoms with Crippen molar-refractivity contribution in [3.8, 4) is 0 Å². The van der Waals surface area contributed by atoms with Gasteiger partial charge < -0.3 is 10.6 Å². The van der Waals surface area contributed by atoms with Crippen molar-refractivity contribution < 1.29 is 14.2 Å². The van der Waals surface area contributed by atoms with Crippen LogP contribution < -0.4 is 15.2 Å². The molecule has 0 spiro atoms. The molecule has 1 aromatic heterocycles. The van der Waals surface area contributed by atoms with Crippen molar-refractivity contribution in [2.24, 2.45) is 7.05 Å². The molecule has 0 aliphatic rings. The average molecular weight is 757 g/mol. The lowest BCUT2D eigenvalue weighted by atomic mass is 10.0. The van der Waals surface area contributed by atoms with Gasteiger partial charge in [-0.05, 0) is 43.2 Å². The van der Waals surface area contributed by atoms with Gasteiger partial charge in [-0.1, -0.05) is 194 Å². The van der Waals surface area contributed by atoms with Crippen LogP contribution in [-0.2, 0) is 16.6 Å². The van der Waals surface area contributed by atoms with Gasteiger partial charge in [0.15, 0.2) is 0 Å². The summed E-state index contributed by atoms with van der Waals surface area (Å²) in [5, 5.41) is 8.53. The van der Waals surface area contributed by atoms with Crippen molar-refractivity contribution in [2.45, 2.75) is 219 Å². The fraction of sp³-hybridized carbons (Fsp3) is 0.700. The van der Waals surface area contributed by atoms with E-state index in [2.05, 4.69) is 66.4 Å². The minimum Gasteiger partial charge on any atom is -0.326 e. The van der Waals surface area contributed by atoms with Gasteiger partial charge in [-0.2, -0.15) is 4.57 Å². The summed E-state index contributed by atoms with van der Waals surface area (Å²) in [5.74, 6) is 0.188. The summed E-state index contributed by atoms with van der Waals surface area (Å²) in [5.41, 5.74) is 3.78. The molecule has 2 amide bonds. The number of hydrogen-bond donors (Lipinski definition) is 2. The first kappa shape index (κ1) is 46.4. The van der Waals surface area contributed by atoms with Gasteiger partial charge in [-0.3, -0.25) is 9.59 Å². The highest BCUT2D eigenvalue weighted by Gasteiger charge is 2.15. The fourth-order valence-electron chi connectivity index (χ4n) is 8.13. The van der Waals surface area contributed by atoms with Crippen LogP contribution in [0.1, 0.15) is 219 Å². The second-order valence-corrected chi connectivity index (χ2v) is 16.7. The summed E-state index contributed by atoms with van der Waals surface area (Å²) in [4.78, 5) is 25.6. The number of pyridine rings is 1. The molecular formula is C50H82N3O2+. The number of anilines is 2. The van der Waals surface area contributed by atoms with Gasteiger partial charge in [0.25, 0.3) is 0 Å². The Morgan fingerprint density at radius 2 is 0.673 bits per heavy atom. The average Bonchev–Trinajstić information content (AvgIpc) is 3.18. The molecule has 5 nitrogen and oxygen atoms in total. The zero-order valence-electron chi connectivity index (χ0n) is 35.9. The van der Waals surface area contributed by atoms with E-state index in [1.54, 1.807) is 0 Å². The lowest BCUT2D eigenvalue weighted by Gasteiger charge is -2.09. The van der Waals surface area contributed by atoms with E-state index in [0.29, 0.717) is 12.8 Å². The molecule has 0 atom stereocenters. The van der Waals surface area contributed by atoms with Crippen molar-refractivity contribution >= 4 is 45.0 Å². The van der Waals surface area contributed by atoms with Crippen LogP contribution in [0.5, 0.6) is 0 Å². The number of unbranched alkanes of at least 4 members (excludes halogenated alkanes) is 28. The molecule has 0 saturated carbocycles. The molecule has 2 aromatic carbocycles. The Labute approximate surface area is 337 Å². The minimum atomic E-state index is 0.0940. The van der Waals surface area contributed by atoms with Crippen LogP contribution in [0.2, 0.25) is 0 Å². The maximum Gasteiger partial charge on any atom is 0.224 e. The van der Waals surface area contributed by atoms with Gasteiger partial charge in [0, 0.05) is 47.1 Å². The van der Waals surface area contributed by atoms with Gasteiger partial charge in [0.05, 0.1) is 0 Å². The molecule has 55 heavy (non-hydrogen) atoms. The van der Waals surface area contributed by atoms with Gasteiger partial charge in [0.1, 0.15) is 7.05 Å². The van der Waals surface area contributed by atoms with Gasteiger partial charge in [-0.15, -0.1) is 0 Å². The summed E-state index contributed by atoms with van der Waals surface area (Å²) in [6.07, 6.45) is 40.9. The number of rotatable bonds is 34. The van der Waals surface area contributed by atoms with Crippen molar-refractivity contribution in [1.82, 2.24) is 0 Å². The smallest absolute Gasteiger partial charge is 0.224 e. The van der Waals surface area contributed by atoms with Crippen molar-refractivity contribution in [1.29, 1.82) is 0 Å². The van der Waals surface area contributed by atoms with Crippen molar-refractivity contribution in [3.63, 3.8) is 0 Å². The van der Waals surface area contributed by atoms with Gasteiger partial charge in [0.2, 0.25) is 22.8 Å². The number of aryl methyl sites for hydroxylation is 1. The van der Waals surface area contributed by atoms with Crippen LogP contribution in [0.15, 0.2) is 42.5 Å². The Hall–Kier alpha value is -2.95. The molecular weight excluding hydrogens is 675 g/mol. The number of fused-ring (bicyclic) bond motifs is 2. The third-order valence-corrected chi connectivity index (χ3v) is 11.7. The number of amides is 2. The van der Waals surface area contributed by atoms with Crippen molar-refractivity contribution in [3.05, 3.63) is 42.5 Å². The molecule has 0 aliphatic heterocycles. The minimum absolute atomic E-state index is 0.0940. The Balaban J connectivity index is 1.28. The van der Waals surface area contributed by atoms with Crippen LogP contribution in [0.3, 0.4) is 0 Å². The highest BCUT2D eigenvalue weighted by atomic mass is 16.2. The molecule has 2 N–H and O–H groups in total. The third kappa shape index (κ3) is 20.7. The Morgan fingerprint density at radius 1 is 0.400 bits per heavy atom. The first-order chi connectivity index (χ1) is 27.0. The van der Waals surface area contributed by atoms with E-state index in [1.807, 2.05) is 12.1 Å². The predicted molar refractivity (Wildman–Crippen MR) is 239 cm³/mol. The number of nitrogens with zero attached hydrogens (tertiary/aromatic N) is 1. The van der Waals surface area contributed by atoms with Crippen LogP contribution in [0.4, 0.5) is 11.4 Å². The summed E-state index contributed by atoms with van der Waals surface area (Å²) in [6, 6.07) is 14.5. The summed E-state index contributed by atoms with van der Waals surface area (Å²) in [7, 11) is 2.06. The van der Waals surface area contributed by atoms with Crippen LogP contribution in [-0.4, -0.2) is 11.8 Å². The predicted octanol–water partition coefficient (Wildman–Crippen LogP) is 15.2. The van der Waals surface area contributed by atoms with Crippen molar-refractivity contribution in [2.75, 3.05) is 10.6 Å². The molecule has 5 heteroatoms. The molecule has 0 aliphatic carbocycles. The molecule has 3 rings (SSSR count). The zero-order valence-corrected chi connectivity index (χ0v) is 35.9. The van der Waals surface area contributed by atoms with Crippen LogP contribution >= 0.6 is 0 Å². The molecule has 0 fully saturated rings. The highest BCUT2D eigenvalue weighted by Crippen LogP contribution is 2.24. The Bertz CT molecular complexity index is 1360. The number of hydrogen-bond acceptors (Lipinski definition) is 2. The summed E-state index contributed by atoms with van der Waals surface area (Å²) >= 11 is 0. The summed E-state index contributed by atoms with van der Waals surface area (Å²) < 4.78 is 2.17. The highest BCUT2D eigenvalue weighted by molar-refractivity contribution is 5.97. The Morgan fingerprint density at radius 3 is 0.964 bits per heavy atom. The first-order valence-corrected chi connectivity index (χ1v) is 23.5. The van der Waals surface area contributed by atoms with E-state index in [9.17, 15) is 9.59 Å². The standard InChI is InChI=1S/C50H81N3O2/c1-4-6-8-10-12-14-16-18-20-22-24-26-28-30-32-34-49(54)51-45-38-36-43-40-44-37-39-46(42-48(44)53(3)47(43)41-45)52-50(55)35-33-31-29-27-25-23-21-19-17-15-13-11-9-7-5-2/h36-42H,4-35H2,1-3H3,(H,51,52,54,55)/p+1. The second-order valence-electron chi connectivity index (χ2n) is 16.7. The quantitative estimate of drug-likeness (QED) is 0.0362. The summed E-state index contributed by atoms with van der Waals surface area (Å²) in [6.45, 7) is 4.57. The fourth-order valence-corrected chi connectivity index (χ4v) is 8.13. The number of nitrogens with one attached hydrogen (secondary N) is 2.